The lowest BCUT2D eigenvalue weighted by Gasteiger charge is -2.21. The molecular weight excluding hydrogens is 280 g/mol. The minimum atomic E-state index is -0.785. The Morgan fingerprint density at radius 1 is 1.25 bits per heavy atom. The molecule has 1 aromatic carbocycles. The van der Waals surface area contributed by atoms with Crippen molar-refractivity contribution in [3.63, 3.8) is 0 Å². The van der Waals surface area contributed by atoms with E-state index in [0.29, 0.717) is 23.6 Å². The van der Waals surface area contributed by atoms with E-state index >= 15 is 0 Å². The first-order valence-corrected chi connectivity index (χ1v) is 7.38. The van der Waals surface area contributed by atoms with Crippen LogP contribution in [0.25, 0.3) is 0 Å². The number of ether oxygens (including phenoxy) is 2. The molecule has 0 saturated heterocycles. The molecular formula is C15H17ClO4. The van der Waals surface area contributed by atoms with Crippen molar-refractivity contribution < 1.29 is 19.4 Å². The lowest BCUT2D eigenvalue weighted by molar-refractivity contribution is -0.137. The number of carbonyl (C=O) groups is 1. The highest BCUT2D eigenvalue weighted by atomic mass is 35.5. The summed E-state index contributed by atoms with van der Waals surface area (Å²) in [6, 6.07) is 3.69. The first-order valence-electron chi connectivity index (χ1n) is 7.00. The van der Waals surface area contributed by atoms with E-state index in [4.69, 9.17) is 26.2 Å². The van der Waals surface area contributed by atoms with Crippen LogP contribution in [0.15, 0.2) is 12.1 Å². The van der Waals surface area contributed by atoms with Gasteiger partial charge in [-0.2, -0.15) is 0 Å². The van der Waals surface area contributed by atoms with Crippen LogP contribution in [-0.2, 0) is 11.2 Å². The molecule has 0 unspecified atom stereocenters. The lowest BCUT2D eigenvalue weighted by atomic mass is 10.1. The highest BCUT2D eigenvalue weighted by molar-refractivity contribution is 6.31. The number of aryl methyl sites for hydroxylation is 1. The standard InChI is InChI=1S/C15H17ClO4/c16-11-9-13-12(8-10(11)4-3-5-14(17)18)19-15(20-13)6-1-2-7-15/h8-9H,1-7H2,(H,17,18). The van der Waals surface area contributed by atoms with Gasteiger partial charge in [0, 0.05) is 30.4 Å². The SMILES string of the molecule is O=C(O)CCCc1cc2c(cc1Cl)OC1(CCCC1)O2. The molecule has 4 nitrogen and oxygen atoms in total. The van der Waals surface area contributed by atoms with Crippen LogP contribution in [-0.4, -0.2) is 16.9 Å². The number of halogens is 1. The quantitative estimate of drug-likeness (QED) is 0.918. The molecule has 1 heterocycles. The molecule has 1 fully saturated rings. The van der Waals surface area contributed by atoms with E-state index in [9.17, 15) is 4.79 Å². The van der Waals surface area contributed by atoms with Gasteiger partial charge in [0.1, 0.15) is 0 Å². The predicted octanol–water partition coefficient (Wildman–Crippen LogP) is 3.79. The summed E-state index contributed by atoms with van der Waals surface area (Å²) in [6.45, 7) is 0. The molecule has 1 spiro atoms. The largest absolute Gasteiger partial charge is 0.481 e. The first-order chi connectivity index (χ1) is 9.58. The van der Waals surface area contributed by atoms with Crippen LogP contribution < -0.4 is 9.47 Å². The Kier molecular flexibility index (Phi) is 3.50. The van der Waals surface area contributed by atoms with Crippen LogP contribution in [0.3, 0.4) is 0 Å². The van der Waals surface area contributed by atoms with Gasteiger partial charge in [0.25, 0.3) is 5.79 Å². The fourth-order valence-electron chi connectivity index (χ4n) is 2.90. The van der Waals surface area contributed by atoms with Crippen molar-refractivity contribution in [3.8, 4) is 11.5 Å². The number of hydrogen-bond donors (Lipinski definition) is 1. The van der Waals surface area contributed by atoms with Gasteiger partial charge < -0.3 is 14.6 Å². The van der Waals surface area contributed by atoms with Gasteiger partial charge >= 0.3 is 5.97 Å². The molecule has 2 aliphatic rings. The van der Waals surface area contributed by atoms with Crippen LogP contribution in [0.1, 0.15) is 44.1 Å². The molecule has 5 heteroatoms. The van der Waals surface area contributed by atoms with Gasteiger partial charge in [0.15, 0.2) is 11.5 Å². The van der Waals surface area contributed by atoms with E-state index in [0.717, 1.165) is 37.0 Å². The fourth-order valence-corrected chi connectivity index (χ4v) is 3.15. The maximum atomic E-state index is 10.6. The first kappa shape index (κ1) is 13.6. The Bertz CT molecular complexity index is 535. The van der Waals surface area contributed by atoms with Crippen molar-refractivity contribution in [2.75, 3.05) is 0 Å². The predicted molar refractivity (Wildman–Crippen MR) is 74.5 cm³/mol. The molecule has 1 saturated carbocycles. The number of fused-ring (bicyclic) bond motifs is 1. The summed E-state index contributed by atoms with van der Waals surface area (Å²) in [5, 5.41) is 9.30. The highest BCUT2D eigenvalue weighted by Crippen LogP contribution is 2.48. The summed E-state index contributed by atoms with van der Waals surface area (Å²) in [5.41, 5.74) is 0.922. The number of aliphatic carboxylic acids is 1. The zero-order chi connectivity index (χ0) is 14.2. The minimum absolute atomic E-state index is 0.148. The van der Waals surface area contributed by atoms with Crippen LogP contribution in [0.5, 0.6) is 11.5 Å². The molecule has 3 rings (SSSR count). The van der Waals surface area contributed by atoms with Crippen molar-refractivity contribution in [2.45, 2.75) is 50.7 Å². The smallest absolute Gasteiger partial charge is 0.303 e. The zero-order valence-corrected chi connectivity index (χ0v) is 11.9. The molecule has 20 heavy (non-hydrogen) atoms. The number of hydrogen-bond acceptors (Lipinski definition) is 3. The van der Waals surface area contributed by atoms with Gasteiger partial charge in [-0.1, -0.05) is 11.6 Å². The molecule has 1 N–H and O–H groups in total. The second kappa shape index (κ2) is 5.17. The van der Waals surface area contributed by atoms with E-state index in [2.05, 4.69) is 0 Å². The van der Waals surface area contributed by atoms with Gasteiger partial charge in [-0.25, -0.2) is 0 Å². The Labute approximate surface area is 122 Å². The molecule has 0 atom stereocenters. The molecule has 1 aliphatic heterocycles. The van der Waals surface area contributed by atoms with E-state index in [1.54, 1.807) is 6.07 Å². The van der Waals surface area contributed by atoms with E-state index in [1.807, 2.05) is 6.07 Å². The van der Waals surface area contributed by atoms with E-state index in [1.165, 1.54) is 0 Å². The average Bonchev–Trinajstić information content (AvgIpc) is 2.96. The normalized spacial score (nSPS) is 18.6. The van der Waals surface area contributed by atoms with Crippen molar-refractivity contribution in [3.05, 3.63) is 22.7 Å². The van der Waals surface area contributed by atoms with Gasteiger partial charge in [0.05, 0.1) is 0 Å². The monoisotopic (exact) mass is 296 g/mol. The third-order valence-corrected chi connectivity index (χ3v) is 4.26. The zero-order valence-electron chi connectivity index (χ0n) is 11.2. The molecule has 0 amide bonds. The molecule has 108 valence electrons. The van der Waals surface area contributed by atoms with Crippen molar-refractivity contribution in [1.82, 2.24) is 0 Å². The molecule has 1 aromatic rings. The van der Waals surface area contributed by atoms with E-state index < -0.39 is 11.8 Å². The Morgan fingerprint density at radius 2 is 1.90 bits per heavy atom. The Morgan fingerprint density at radius 3 is 2.55 bits per heavy atom. The van der Waals surface area contributed by atoms with Crippen LogP contribution in [0.2, 0.25) is 5.02 Å². The molecule has 1 aliphatic carbocycles. The van der Waals surface area contributed by atoms with Crippen LogP contribution in [0.4, 0.5) is 0 Å². The molecule has 0 aromatic heterocycles. The second-order valence-corrected chi connectivity index (χ2v) is 5.87. The van der Waals surface area contributed by atoms with Crippen LogP contribution in [0, 0.1) is 0 Å². The Balaban J connectivity index is 1.75. The summed E-state index contributed by atoms with van der Waals surface area (Å²) in [6.07, 6.45) is 5.41. The van der Waals surface area contributed by atoms with Crippen molar-refractivity contribution in [1.29, 1.82) is 0 Å². The maximum Gasteiger partial charge on any atom is 0.303 e. The highest BCUT2D eigenvalue weighted by Gasteiger charge is 2.44. The van der Waals surface area contributed by atoms with Crippen LogP contribution >= 0.6 is 11.6 Å². The summed E-state index contributed by atoms with van der Waals surface area (Å²) in [5.74, 6) is 0.179. The van der Waals surface area contributed by atoms with Crippen molar-refractivity contribution in [2.24, 2.45) is 0 Å². The summed E-state index contributed by atoms with van der Waals surface area (Å²) < 4.78 is 11.9. The summed E-state index contributed by atoms with van der Waals surface area (Å²) in [7, 11) is 0. The topological polar surface area (TPSA) is 55.8 Å². The maximum absolute atomic E-state index is 10.6. The number of carboxylic acid groups (broad SMARTS) is 1. The van der Waals surface area contributed by atoms with Gasteiger partial charge in [0.2, 0.25) is 0 Å². The Hall–Kier alpha value is -1.42. The second-order valence-electron chi connectivity index (χ2n) is 5.46. The minimum Gasteiger partial charge on any atom is -0.481 e. The van der Waals surface area contributed by atoms with Crippen molar-refractivity contribution >= 4 is 17.6 Å². The third kappa shape index (κ3) is 2.57. The number of carboxylic acids is 1. The third-order valence-electron chi connectivity index (χ3n) is 3.91. The molecule has 0 radical (unpaired) electrons. The van der Waals surface area contributed by atoms with Gasteiger partial charge in [-0.3, -0.25) is 4.79 Å². The fraction of sp³-hybridized carbons (Fsp3) is 0.533. The summed E-state index contributed by atoms with van der Waals surface area (Å²) >= 11 is 6.24. The number of benzene rings is 1. The lowest BCUT2D eigenvalue weighted by Crippen LogP contribution is -2.34. The van der Waals surface area contributed by atoms with Gasteiger partial charge in [-0.15, -0.1) is 0 Å². The molecule has 0 bridgehead atoms. The average molecular weight is 297 g/mol. The van der Waals surface area contributed by atoms with Gasteiger partial charge in [-0.05, 0) is 37.3 Å². The summed E-state index contributed by atoms with van der Waals surface area (Å²) in [4.78, 5) is 10.6. The number of rotatable bonds is 4. The van der Waals surface area contributed by atoms with E-state index in [-0.39, 0.29) is 6.42 Å².